The molecule has 0 atom stereocenters. The van der Waals surface area contributed by atoms with Gasteiger partial charge in [0.15, 0.2) is 0 Å². The minimum Gasteiger partial charge on any atom is -0.497 e. The number of nitrogens with one attached hydrogen (secondary N) is 1. The highest BCUT2D eigenvalue weighted by molar-refractivity contribution is 6.30. The molecular weight excluding hydrogens is 328 g/mol. The third-order valence-electron chi connectivity index (χ3n) is 3.44. The molecule has 5 nitrogen and oxygen atoms in total. The van der Waals surface area contributed by atoms with Crippen LogP contribution in [-0.2, 0) is 9.59 Å². The van der Waals surface area contributed by atoms with Crippen molar-refractivity contribution in [2.24, 2.45) is 0 Å². The zero-order valence-corrected chi connectivity index (χ0v) is 14.3. The van der Waals surface area contributed by atoms with Gasteiger partial charge in [-0.05, 0) is 42.5 Å². The number of hydrogen-bond donors (Lipinski definition) is 1. The summed E-state index contributed by atoms with van der Waals surface area (Å²) in [4.78, 5) is 25.5. The van der Waals surface area contributed by atoms with E-state index >= 15 is 0 Å². The summed E-state index contributed by atoms with van der Waals surface area (Å²) in [6, 6.07) is 14.1. The van der Waals surface area contributed by atoms with Gasteiger partial charge in [-0.3, -0.25) is 9.59 Å². The van der Waals surface area contributed by atoms with E-state index in [9.17, 15) is 9.59 Å². The molecule has 1 N–H and O–H groups in total. The zero-order valence-electron chi connectivity index (χ0n) is 13.6. The number of ether oxygens (including phenoxy) is 1. The average Bonchev–Trinajstić information content (AvgIpc) is 2.55. The van der Waals surface area contributed by atoms with Gasteiger partial charge in [-0.25, -0.2) is 0 Å². The first kappa shape index (κ1) is 17.8. The summed E-state index contributed by atoms with van der Waals surface area (Å²) >= 11 is 5.89. The molecule has 0 aromatic heterocycles. The van der Waals surface area contributed by atoms with Crippen molar-refractivity contribution in [1.29, 1.82) is 0 Å². The number of methoxy groups -OCH3 is 1. The fourth-order valence-electron chi connectivity index (χ4n) is 2.23. The Balaban J connectivity index is 1.97. The van der Waals surface area contributed by atoms with Crippen LogP contribution in [0.25, 0.3) is 0 Å². The third kappa shape index (κ3) is 4.99. The van der Waals surface area contributed by atoms with Crippen LogP contribution >= 0.6 is 11.6 Å². The number of carbonyl (C=O) groups is 2. The fourth-order valence-corrected chi connectivity index (χ4v) is 2.42. The first-order valence-corrected chi connectivity index (χ1v) is 7.85. The maximum absolute atomic E-state index is 12.1. The van der Waals surface area contributed by atoms with Crippen LogP contribution in [0.4, 0.5) is 11.4 Å². The van der Waals surface area contributed by atoms with Crippen molar-refractivity contribution in [3.8, 4) is 5.75 Å². The molecule has 0 aliphatic heterocycles. The zero-order chi connectivity index (χ0) is 17.5. The second kappa shape index (κ2) is 8.36. The summed E-state index contributed by atoms with van der Waals surface area (Å²) in [6.07, 6.45) is 0.179. The van der Waals surface area contributed by atoms with Crippen LogP contribution in [-0.4, -0.2) is 25.5 Å². The molecule has 0 unspecified atom stereocenters. The number of nitrogens with zero attached hydrogens (tertiary/aromatic N) is 1. The van der Waals surface area contributed by atoms with Gasteiger partial charge < -0.3 is 15.0 Å². The molecule has 24 heavy (non-hydrogen) atoms. The maximum atomic E-state index is 12.1. The summed E-state index contributed by atoms with van der Waals surface area (Å²) < 4.78 is 5.11. The van der Waals surface area contributed by atoms with E-state index in [0.717, 1.165) is 5.69 Å². The molecule has 0 saturated heterocycles. The Morgan fingerprint density at radius 3 is 2.46 bits per heavy atom. The molecule has 0 radical (unpaired) electrons. The van der Waals surface area contributed by atoms with Gasteiger partial charge in [-0.1, -0.05) is 17.7 Å². The van der Waals surface area contributed by atoms with Crippen molar-refractivity contribution in [2.45, 2.75) is 13.3 Å². The molecule has 0 aliphatic carbocycles. The number of carbonyl (C=O) groups excluding carboxylic acids is 2. The lowest BCUT2D eigenvalue weighted by Gasteiger charge is -2.21. The molecule has 0 spiro atoms. The van der Waals surface area contributed by atoms with Gasteiger partial charge in [-0.15, -0.1) is 0 Å². The van der Waals surface area contributed by atoms with E-state index in [-0.39, 0.29) is 24.8 Å². The Kier molecular flexibility index (Phi) is 6.21. The minimum atomic E-state index is -0.183. The molecule has 0 saturated carbocycles. The number of halogens is 1. The monoisotopic (exact) mass is 346 g/mol. The van der Waals surface area contributed by atoms with Crippen LogP contribution in [0.5, 0.6) is 5.75 Å². The Morgan fingerprint density at radius 1 is 1.17 bits per heavy atom. The van der Waals surface area contributed by atoms with E-state index in [1.54, 1.807) is 60.5 Å². The Morgan fingerprint density at radius 2 is 1.88 bits per heavy atom. The fraction of sp³-hybridized carbons (Fsp3) is 0.222. The van der Waals surface area contributed by atoms with Crippen LogP contribution in [0.15, 0.2) is 48.5 Å². The van der Waals surface area contributed by atoms with Crippen LogP contribution in [0, 0.1) is 0 Å². The standard InChI is InChI=1S/C18H19ClN2O3/c1-13(22)21(16-6-8-17(24-2)9-7-16)11-10-18(23)20-15-5-3-4-14(19)12-15/h3-9,12H,10-11H2,1-2H3,(H,20,23). The highest BCUT2D eigenvalue weighted by atomic mass is 35.5. The lowest BCUT2D eigenvalue weighted by molar-refractivity contribution is -0.117. The second-order valence-corrected chi connectivity index (χ2v) is 5.61. The molecule has 2 amide bonds. The van der Waals surface area contributed by atoms with Gasteiger partial charge in [0.1, 0.15) is 5.75 Å². The van der Waals surface area contributed by atoms with Gasteiger partial charge in [0.05, 0.1) is 7.11 Å². The van der Waals surface area contributed by atoms with Crippen molar-refractivity contribution in [1.82, 2.24) is 0 Å². The summed E-state index contributed by atoms with van der Waals surface area (Å²) in [7, 11) is 1.58. The minimum absolute atomic E-state index is 0.129. The Bertz CT molecular complexity index is 716. The molecule has 2 rings (SSSR count). The molecule has 126 valence electrons. The smallest absolute Gasteiger partial charge is 0.226 e. The van der Waals surface area contributed by atoms with Gasteiger partial charge in [-0.2, -0.15) is 0 Å². The van der Waals surface area contributed by atoms with Crippen molar-refractivity contribution < 1.29 is 14.3 Å². The SMILES string of the molecule is COc1ccc(N(CCC(=O)Nc2cccc(Cl)c2)C(C)=O)cc1. The van der Waals surface area contributed by atoms with E-state index in [2.05, 4.69) is 5.32 Å². The quantitative estimate of drug-likeness (QED) is 0.867. The van der Waals surface area contributed by atoms with Crippen LogP contribution in [0.3, 0.4) is 0 Å². The molecule has 0 bridgehead atoms. The second-order valence-electron chi connectivity index (χ2n) is 5.18. The summed E-state index contributed by atoms with van der Waals surface area (Å²) in [5.41, 5.74) is 1.35. The van der Waals surface area contributed by atoms with Crippen molar-refractivity contribution in [3.05, 3.63) is 53.6 Å². The summed E-state index contributed by atoms with van der Waals surface area (Å²) in [5.74, 6) is 0.397. The topological polar surface area (TPSA) is 58.6 Å². The highest BCUT2D eigenvalue weighted by Crippen LogP contribution is 2.20. The molecular formula is C18H19ClN2O3. The molecule has 0 aliphatic rings. The first-order chi connectivity index (χ1) is 11.5. The van der Waals surface area contributed by atoms with E-state index in [4.69, 9.17) is 16.3 Å². The average molecular weight is 347 g/mol. The number of benzene rings is 2. The number of hydrogen-bond acceptors (Lipinski definition) is 3. The summed E-state index contributed by atoms with van der Waals surface area (Å²) in [6.45, 7) is 1.76. The Labute approximate surface area is 146 Å². The van der Waals surface area contributed by atoms with E-state index in [1.165, 1.54) is 6.92 Å². The molecule has 6 heteroatoms. The third-order valence-corrected chi connectivity index (χ3v) is 3.67. The van der Waals surface area contributed by atoms with Crippen molar-refractivity contribution >= 4 is 34.8 Å². The van der Waals surface area contributed by atoms with Crippen LogP contribution in [0.1, 0.15) is 13.3 Å². The number of anilines is 2. The van der Waals surface area contributed by atoms with Crippen LogP contribution < -0.4 is 15.0 Å². The first-order valence-electron chi connectivity index (χ1n) is 7.47. The predicted octanol–water partition coefficient (Wildman–Crippen LogP) is 3.73. The van der Waals surface area contributed by atoms with Crippen LogP contribution in [0.2, 0.25) is 5.02 Å². The summed E-state index contributed by atoms with van der Waals surface area (Å²) in [5, 5.41) is 3.32. The molecule has 0 fully saturated rings. The molecule has 2 aromatic carbocycles. The van der Waals surface area contributed by atoms with E-state index < -0.39 is 0 Å². The van der Waals surface area contributed by atoms with Gasteiger partial charge in [0.25, 0.3) is 0 Å². The van der Waals surface area contributed by atoms with E-state index in [0.29, 0.717) is 16.5 Å². The number of rotatable bonds is 6. The van der Waals surface area contributed by atoms with Gasteiger partial charge in [0.2, 0.25) is 11.8 Å². The lowest BCUT2D eigenvalue weighted by Crippen LogP contribution is -2.31. The highest BCUT2D eigenvalue weighted by Gasteiger charge is 2.13. The van der Waals surface area contributed by atoms with Gasteiger partial charge in [0, 0.05) is 36.3 Å². The van der Waals surface area contributed by atoms with Crippen molar-refractivity contribution in [2.75, 3.05) is 23.9 Å². The normalized spacial score (nSPS) is 10.1. The predicted molar refractivity (Wildman–Crippen MR) is 95.7 cm³/mol. The molecule has 0 heterocycles. The lowest BCUT2D eigenvalue weighted by atomic mass is 10.2. The van der Waals surface area contributed by atoms with E-state index in [1.807, 2.05) is 0 Å². The van der Waals surface area contributed by atoms with Crippen molar-refractivity contribution in [3.63, 3.8) is 0 Å². The largest absolute Gasteiger partial charge is 0.497 e. The number of amides is 2. The maximum Gasteiger partial charge on any atom is 0.226 e. The molecule has 2 aromatic rings. The Hall–Kier alpha value is -2.53. The van der Waals surface area contributed by atoms with Gasteiger partial charge >= 0.3 is 0 Å².